The lowest BCUT2D eigenvalue weighted by molar-refractivity contribution is 0.116. The van der Waals surface area contributed by atoms with Gasteiger partial charge in [-0.1, -0.05) is 12.1 Å². The zero-order chi connectivity index (χ0) is 14.4. The molecule has 1 fully saturated rings. The van der Waals surface area contributed by atoms with Gasteiger partial charge in [-0.2, -0.15) is 0 Å². The Balaban J connectivity index is 1.81. The number of benzene rings is 1. The van der Waals surface area contributed by atoms with Crippen LogP contribution >= 0.6 is 0 Å². The summed E-state index contributed by atoms with van der Waals surface area (Å²) in [7, 11) is 0. The number of nitrogens with zero attached hydrogens (tertiary/aromatic N) is 1. The monoisotopic (exact) mass is 276 g/mol. The molecule has 0 spiro atoms. The molecule has 0 bridgehead atoms. The second-order valence-corrected chi connectivity index (χ2v) is 5.73. The summed E-state index contributed by atoms with van der Waals surface area (Å²) in [5.74, 6) is 0. The van der Waals surface area contributed by atoms with Gasteiger partial charge in [0.15, 0.2) is 0 Å². The Morgan fingerprint density at radius 3 is 2.20 bits per heavy atom. The molecule has 0 amide bonds. The van der Waals surface area contributed by atoms with E-state index in [0.29, 0.717) is 6.04 Å². The summed E-state index contributed by atoms with van der Waals surface area (Å²) in [5.41, 5.74) is 2.64. The Hall–Kier alpha value is -1.06. The lowest BCUT2D eigenvalue weighted by Gasteiger charge is -2.26. The number of nitrogens with one attached hydrogen (secondary N) is 1. The molecule has 112 valence electrons. The van der Waals surface area contributed by atoms with E-state index >= 15 is 0 Å². The lowest BCUT2D eigenvalue weighted by Crippen LogP contribution is -2.34. The van der Waals surface area contributed by atoms with Crippen molar-refractivity contribution in [1.82, 2.24) is 5.32 Å². The Kier molecular flexibility index (Phi) is 5.86. The molecule has 3 heteroatoms. The van der Waals surface area contributed by atoms with Crippen molar-refractivity contribution in [2.45, 2.75) is 58.2 Å². The summed E-state index contributed by atoms with van der Waals surface area (Å²) in [6, 6.07) is 9.45. The van der Waals surface area contributed by atoms with Crippen LogP contribution in [0.2, 0.25) is 0 Å². The lowest BCUT2D eigenvalue weighted by atomic mass is 9.93. The van der Waals surface area contributed by atoms with E-state index in [0.717, 1.165) is 45.3 Å². The molecular formula is C17H28N2O. The fourth-order valence-electron chi connectivity index (χ4n) is 2.96. The maximum atomic E-state index is 9.51. The summed E-state index contributed by atoms with van der Waals surface area (Å²) in [5, 5.41) is 13.1. The number of rotatable bonds is 6. The minimum atomic E-state index is -0.0681. The number of hydrogen-bond acceptors (Lipinski definition) is 3. The molecule has 0 saturated heterocycles. The second kappa shape index (κ2) is 7.65. The first-order valence-corrected chi connectivity index (χ1v) is 7.98. The maximum absolute atomic E-state index is 9.51. The molecule has 0 atom stereocenters. The molecule has 2 rings (SSSR count). The van der Waals surface area contributed by atoms with Crippen molar-refractivity contribution in [3.63, 3.8) is 0 Å². The van der Waals surface area contributed by atoms with E-state index in [4.69, 9.17) is 0 Å². The molecule has 0 heterocycles. The molecule has 1 aliphatic carbocycles. The van der Waals surface area contributed by atoms with Gasteiger partial charge in [0.2, 0.25) is 0 Å². The molecular weight excluding hydrogens is 248 g/mol. The smallest absolute Gasteiger partial charge is 0.0541 e. The van der Waals surface area contributed by atoms with Crippen LogP contribution in [0, 0.1) is 0 Å². The highest BCUT2D eigenvalue weighted by atomic mass is 16.3. The van der Waals surface area contributed by atoms with Gasteiger partial charge in [0.25, 0.3) is 0 Å². The molecule has 0 radical (unpaired) electrons. The van der Waals surface area contributed by atoms with Crippen molar-refractivity contribution < 1.29 is 5.11 Å². The van der Waals surface area contributed by atoms with Crippen molar-refractivity contribution in [3.8, 4) is 0 Å². The molecule has 0 unspecified atom stereocenters. The molecule has 1 aliphatic rings. The first kappa shape index (κ1) is 15.3. The summed E-state index contributed by atoms with van der Waals surface area (Å²) in [6.07, 6.45) is 4.01. The molecule has 1 aromatic rings. The third kappa shape index (κ3) is 4.22. The van der Waals surface area contributed by atoms with Crippen molar-refractivity contribution in [1.29, 1.82) is 0 Å². The molecule has 2 N–H and O–H groups in total. The average Bonchev–Trinajstić information content (AvgIpc) is 2.49. The zero-order valence-electron chi connectivity index (χ0n) is 12.8. The Morgan fingerprint density at radius 2 is 1.65 bits per heavy atom. The topological polar surface area (TPSA) is 35.5 Å². The van der Waals surface area contributed by atoms with E-state index < -0.39 is 0 Å². The minimum absolute atomic E-state index is 0.0681. The van der Waals surface area contributed by atoms with Crippen LogP contribution in [0.5, 0.6) is 0 Å². The summed E-state index contributed by atoms with van der Waals surface area (Å²) < 4.78 is 0. The molecule has 3 nitrogen and oxygen atoms in total. The fourth-order valence-corrected chi connectivity index (χ4v) is 2.96. The maximum Gasteiger partial charge on any atom is 0.0541 e. The standard InChI is InChI=1S/C17H28N2O/c1-3-19(4-2)16-9-5-14(6-10-16)13-18-15-7-11-17(20)12-8-15/h5-6,9-10,15,17-18,20H,3-4,7-8,11-13H2,1-2H3. The van der Waals surface area contributed by atoms with Gasteiger partial charge in [0.1, 0.15) is 0 Å². The minimum Gasteiger partial charge on any atom is -0.393 e. The fraction of sp³-hybridized carbons (Fsp3) is 0.647. The van der Waals surface area contributed by atoms with E-state index in [-0.39, 0.29) is 6.10 Å². The van der Waals surface area contributed by atoms with Crippen LogP contribution in [0.4, 0.5) is 5.69 Å². The number of aliphatic hydroxyl groups is 1. The molecule has 0 aliphatic heterocycles. The van der Waals surface area contributed by atoms with Crippen molar-refractivity contribution in [2.24, 2.45) is 0 Å². The van der Waals surface area contributed by atoms with Gasteiger partial charge in [0.05, 0.1) is 6.10 Å². The predicted molar refractivity (Wildman–Crippen MR) is 85.1 cm³/mol. The third-order valence-corrected chi connectivity index (χ3v) is 4.36. The normalized spacial score (nSPS) is 22.8. The van der Waals surface area contributed by atoms with Crippen LogP contribution in [-0.4, -0.2) is 30.3 Å². The number of anilines is 1. The third-order valence-electron chi connectivity index (χ3n) is 4.36. The summed E-state index contributed by atoms with van der Waals surface area (Å²) in [4.78, 5) is 2.36. The van der Waals surface area contributed by atoms with Crippen LogP contribution in [0.25, 0.3) is 0 Å². The van der Waals surface area contributed by atoms with Gasteiger partial charge in [-0.25, -0.2) is 0 Å². The van der Waals surface area contributed by atoms with Gasteiger partial charge < -0.3 is 15.3 Å². The van der Waals surface area contributed by atoms with Gasteiger partial charge in [0, 0.05) is 31.4 Å². The van der Waals surface area contributed by atoms with Crippen LogP contribution in [0.15, 0.2) is 24.3 Å². The van der Waals surface area contributed by atoms with E-state index in [9.17, 15) is 5.11 Å². The molecule has 1 saturated carbocycles. The molecule has 1 aromatic carbocycles. The Bertz CT molecular complexity index is 378. The van der Waals surface area contributed by atoms with Gasteiger partial charge >= 0.3 is 0 Å². The SMILES string of the molecule is CCN(CC)c1ccc(CNC2CCC(O)CC2)cc1. The van der Waals surface area contributed by atoms with Crippen LogP contribution < -0.4 is 10.2 Å². The highest BCUT2D eigenvalue weighted by molar-refractivity contribution is 5.47. The second-order valence-electron chi connectivity index (χ2n) is 5.73. The van der Waals surface area contributed by atoms with Crippen molar-refractivity contribution in [3.05, 3.63) is 29.8 Å². The van der Waals surface area contributed by atoms with E-state index in [1.165, 1.54) is 11.3 Å². The average molecular weight is 276 g/mol. The van der Waals surface area contributed by atoms with Gasteiger partial charge in [-0.05, 0) is 57.2 Å². The van der Waals surface area contributed by atoms with Crippen LogP contribution in [0.1, 0.15) is 45.1 Å². The first-order chi connectivity index (χ1) is 9.72. The van der Waals surface area contributed by atoms with Gasteiger partial charge in [-0.15, -0.1) is 0 Å². The van der Waals surface area contributed by atoms with E-state index in [1.807, 2.05) is 0 Å². The summed E-state index contributed by atoms with van der Waals surface area (Å²) >= 11 is 0. The van der Waals surface area contributed by atoms with Crippen molar-refractivity contribution in [2.75, 3.05) is 18.0 Å². The quantitative estimate of drug-likeness (QED) is 0.838. The Morgan fingerprint density at radius 1 is 1.05 bits per heavy atom. The predicted octanol–water partition coefficient (Wildman–Crippen LogP) is 2.93. The highest BCUT2D eigenvalue weighted by Crippen LogP contribution is 2.19. The van der Waals surface area contributed by atoms with Crippen LogP contribution in [-0.2, 0) is 6.54 Å². The molecule has 0 aromatic heterocycles. The number of aliphatic hydroxyl groups excluding tert-OH is 1. The van der Waals surface area contributed by atoms with Crippen LogP contribution in [0.3, 0.4) is 0 Å². The first-order valence-electron chi connectivity index (χ1n) is 7.98. The highest BCUT2D eigenvalue weighted by Gasteiger charge is 2.18. The summed E-state index contributed by atoms with van der Waals surface area (Å²) in [6.45, 7) is 7.42. The van der Waals surface area contributed by atoms with E-state index in [2.05, 4.69) is 48.3 Å². The Labute approximate surface area is 123 Å². The number of hydrogen-bond donors (Lipinski definition) is 2. The van der Waals surface area contributed by atoms with Gasteiger partial charge in [-0.3, -0.25) is 0 Å². The van der Waals surface area contributed by atoms with E-state index in [1.54, 1.807) is 0 Å². The van der Waals surface area contributed by atoms with Crippen molar-refractivity contribution >= 4 is 5.69 Å². The zero-order valence-corrected chi connectivity index (χ0v) is 12.8. The largest absolute Gasteiger partial charge is 0.393 e. The molecule has 20 heavy (non-hydrogen) atoms.